The van der Waals surface area contributed by atoms with Crippen LogP contribution in [0.15, 0.2) is 18.2 Å². The summed E-state index contributed by atoms with van der Waals surface area (Å²) in [4.78, 5) is 2.55. The topological polar surface area (TPSA) is 29.3 Å². The van der Waals surface area contributed by atoms with Gasteiger partial charge >= 0.3 is 0 Å². The van der Waals surface area contributed by atoms with Gasteiger partial charge in [-0.25, -0.2) is 4.39 Å². The molecule has 1 saturated carbocycles. The van der Waals surface area contributed by atoms with Crippen LogP contribution in [0.2, 0.25) is 0 Å². The zero-order chi connectivity index (χ0) is 13.3. The third kappa shape index (κ3) is 3.06. The molecule has 1 atom stereocenters. The molecule has 0 spiro atoms. The molecular weight excluding hydrogens is 247 g/mol. The van der Waals surface area contributed by atoms with Crippen molar-refractivity contribution in [3.8, 4) is 0 Å². The van der Waals surface area contributed by atoms with Crippen LogP contribution in [-0.4, -0.2) is 23.0 Å². The zero-order valence-electron chi connectivity index (χ0n) is 10.8. The molecule has 1 unspecified atom stereocenters. The second-order valence-electron chi connectivity index (χ2n) is 5.16. The van der Waals surface area contributed by atoms with Gasteiger partial charge in [-0.05, 0) is 50.4 Å². The minimum absolute atomic E-state index is 0.261. The van der Waals surface area contributed by atoms with Crippen LogP contribution in [0.25, 0.3) is 0 Å². The van der Waals surface area contributed by atoms with Crippen molar-refractivity contribution in [2.24, 2.45) is 11.7 Å². The van der Waals surface area contributed by atoms with Crippen LogP contribution >= 0.6 is 12.2 Å². The quantitative estimate of drug-likeness (QED) is 0.831. The van der Waals surface area contributed by atoms with Crippen LogP contribution in [0, 0.1) is 11.7 Å². The summed E-state index contributed by atoms with van der Waals surface area (Å²) >= 11 is 4.98. The van der Waals surface area contributed by atoms with E-state index < -0.39 is 0 Å². The molecule has 4 heteroatoms. The molecular formula is C14H19FN2S. The average Bonchev–Trinajstić information content (AvgIpc) is 3.14. The molecule has 0 bridgehead atoms. The molecule has 0 aliphatic heterocycles. The first-order valence-electron chi connectivity index (χ1n) is 6.27. The highest BCUT2D eigenvalue weighted by molar-refractivity contribution is 7.80. The Morgan fingerprint density at radius 2 is 2.22 bits per heavy atom. The van der Waals surface area contributed by atoms with Crippen LogP contribution in [-0.2, 0) is 6.54 Å². The highest BCUT2D eigenvalue weighted by atomic mass is 32.1. The summed E-state index contributed by atoms with van der Waals surface area (Å²) in [5.41, 5.74) is 7.31. The van der Waals surface area contributed by atoms with Gasteiger partial charge in [0.15, 0.2) is 0 Å². The number of nitrogens with two attached hydrogens (primary N) is 1. The smallest absolute Gasteiger partial charge is 0.123 e. The van der Waals surface area contributed by atoms with Crippen molar-refractivity contribution in [1.82, 2.24) is 4.90 Å². The number of hydrogen-bond donors (Lipinski definition) is 1. The summed E-state index contributed by atoms with van der Waals surface area (Å²) < 4.78 is 13.2. The van der Waals surface area contributed by atoms with E-state index >= 15 is 0 Å². The first-order valence-corrected chi connectivity index (χ1v) is 6.68. The van der Waals surface area contributed by atoms with Crippen LogP contribution in [0.5, 0.6) is 0 Å². The highest BCUT2D eigenvalue weighted by Crippen LogP contribution is 2.35. The lowest BCUT2D eigenvalue weighted by atomic mass is 10.1. The third-order valence-electron chi connectivity index (χ3n) is 3.76. The Hall–Kier alpha value is -1.00. The summed E-state index contributed by atoms with van der Waals surface area (Å²) in [7, 11) is 2.09. The molecule has 98 valence electrons. The summed E-state index contributed by atoms with van der Waals surface area (Å²) in [6.07, 6.45) is 2.63. The normalized spacial score (nSPS) is 16.9. The van der Waals surface area contributed by atoms with Crippen LogP contribution < -0.4 is 5.73 Å². The van der Waals surface area contributed by atoms with E-state index in [2.05, 4.69) is 18.9 Å². The maximum absolute atomic E-state index is 13.2. The van der Waals surface area contributed by atoms with Gasteiger partial charge in [-0.1, -0.05) is 18.3 Å². The molecule has 0 heterocycles. The molecule has 2 rings (SSSR count). The molecule has 0 radical (unpaired) electrons. The molecule has 0 saturated heterocycles. The maximum atomic E-state index is 13.2. The fourth-order valence-corrected chi connectivity index (χ4v) is 2.46. The Morgan fingerprint density at radius 1 is 1.56 bits per heavy atom. The third-order valence-corrected chi connectivity index (χ3v) is 3.98. The van der Waals surface area contributed by atoms with E-state index in [0.29, 0.717) is 11.6 Å². The number of nitrogens with zero attached hydrogens (tertiary/aromatic N) is 1. The summed E-state index contributed by atoms with van der Waals surface area (Å²) in [5.74, 6) is 0.517. The molecule has 2 N–H and O–H groups in total. The van der Waals surface area contributed by atoms with Gasteiger partial charge in [0, 0.05) is 18.2 Å². The van der Waals surface area contributed by atoms with Gasteiger partial charge in [0.05, 0.1) is 0 Å². The monoisotopic (exact) mass is 266 g/mol. The number of halogens is 1. The molecule has 0 aromatic heterocycles. The summed E-state index contributed by atoms with van der Waals surface area (Å²) in [6, 6.07) is 5.22. The number of rotatable bonds is 5. The average molecular weight is 266 g/mol. The van der Waals surface area contributed by atoms with E-state index in [1.807, 2.05) is 0 Å². The van der Waals surface area contributed by atoms with E-state index in [4.69, 9.17) is 18.0 Å². The van der Waals surface area contributed by atoms with Gasteiger partial charge in [0.25, 0.3) is 0 Å². The Kier molecular flexibility index (Phi) is 3.97. The van der Waals surface area contributed by atoms with E-state index in [-0.39, 0.29) is 10.8 Å². The van der Waals surface area contributed by atoms with Gasteiger partial charge in [-0.3, -0.25) is 4.90 Å². The Bertz CT molecular complexity index is 457. The Balaban J connectivity index is 2.14. The largest absolute Gasteiger partial charge is 0.389 e. The zero-order valence-corrected chi connectivity index (χ0v) is 11.6. The summed E-state index contributed by atoms with van der Waals surface area (Å²) in [5, 5.41) is 0. The minimum atomic E-state index is -0.292. The van der Waals surface area contributed by atoms with E-state index in [1.165, 1.54) is 25.0 Å². The standard InChI is InChI=1S/C14H19FN2S/c1-9(10-3-4-10)17(2)8-11-5-6-12(15)7-13(11)14(16)18/h5-7,9-10H,3-4,8H2,1-2H3,(H2,16,18). The lowest BCUT2D eigenvalue weighted by molar-refractivity contribution is 0.226. The molecule has 18 heavy (non-hydrogen) atoms. The van der Waals surface area contributed by atoms with Crippen LogP contribution in [0.3, 0.4) is 0 Å². The molecule has 1 aliphatic rings. The molecule has 1 fully saturated rings. The van der Waals surface area contributed by atoms with E-state index in [9.17, 15) is 4.39 Å². The number of hydrogen-bond acceptors (Lipinski definition) is 2. The predicted molar refractivity (Wildman–Crippen MR) is 75.9 cm³/mol. The van der Waals surface area contributed by atoms with Crippen molar-refractivity contribution in [2.45, 2.75) is 32.4 Å². The van der Waals surface area contributed by atoms with Crippen LogP contribution in [0.1, 0.15) is 30.9 Å². The Morgan fingerprint density at radius 3 is 2.78 bits per heavy atom. The molecule has 0 amide bonds. The lowest BCUT2D eigenvalue weighted by Crippen LogP contribution is -2.31. The minimum Gasteiger partial charge on any atom is -0.389 e. The SMILES string of the molecule is CC(C1CC1)N(C)Cc1ccc(F)cc1C(N)=S. The molecule has 2 nitrogen and oxygen atoms in total. The van der Waals surface area contributed by atoms with E-state index in [0.717, 1.165) is 18.0 Å². The molecule has 1 aromatic rings. The van der Waals surface area contributed by atoms with Crippen molar-refractivity contribution in [3.05, 3.63) is 35.1 Å². The van der Waals surface area contributed by atoms with Gasteiger partial charge in [0.2, 0.25) is 0 Å². The highest BCUT2D eigenvalue weighted by Gasteiger charge is 2.30. The van der Waals surface area contributed by atoms with Crippen molar-refractivity contribution in [1.29, 1.82) is 0 Å². The van der Waals surface area contributed by atoms with Crippen molar-refractivity contribution >= 4 is 17.2 Å². The van der Waals surface area contributed by atoms with Gasteiger partial charge in [-0.2, -0.15) is 0 Å². The second-order valence-corrected chi connectivity index (χ2v) is 5.60. The summed E-state index contributed by atoms with van der Waals surface area (Å²) in [6.45, 7) is 2.99. The first-order chi connectivity index (χ1) is 8.49. The fourth-order valence-electron chi connectivity index (χ4n) is 2.27. The van der Waals surface area contributed by atoms with Crippen LogP contribution in [0.4, 0.5) is 4.39 Å². The lowest BCUT2D eigenvalue weighted by Gasteiger charge is -2.25. The van der Waals surface area contributed by atoms with Gasteiger partial charge < -0.3 is 5.73 Å². The fraction of sp³-hybridized carbons (Fsp3) is 0.500. The van der Waals surface area contributed by atoms with Crippen molar-refractivity contribution < 1.29 is 4.39 Å². The second kappa shape index (κ2) is 5.33. The molecule has 1 aliphatic carbocycles. The van der Waals surface area contributed by atoms with E-state index in [1.54, 1.807) is 6.07 Å². The van der Waals surface area contributed by atoms with Gasteiger partial charge in [-0.15, -0.1) is 0 Å². The maximum Gasteiger partial charge on any atom is 0.123 e. The number of benzene rings is 1. The Labute approximate surface area is 113 Å². The van der Waals surface area contributed by atoms with Crippen molar-refractivity contribution in [2.75, 3.05) is 7.05 Å². The van der Waals surface area contributed by atoms with Gasteiger partial charge in [0.1, 0.15) is 10.8 Å². The molecule has 1 aromatic carbocycles. The predicted octanol–water partition coefficient (Wildman–Crippen LogP) is 2.69. The number of thiocarbonyl (C=S) groups is 1. The first kappa shape index (κ1) is 13.4. The van der Waals surface area contributed by atoms with Crippen molar-refractivity contribution in [3.63, 3.8) is 0 Å².